The molecule has 0 aliphatic carbocycles. The van der Waals surface area contributed by atoms with E-state index in [0.717, 1.165) is 16.2 Å². The first kappa shape index (κ1) is 20.6. The Kier molecular flexibility index (Phi) is 6.87. The van der Waals surface area contributed by atoms with Gasteiger partial charge in [0, 0.05) is 29.3 Å². The molecule has 0 aliphatic rings. The standard InChI is InChI=1S/C18H16FN3O3S3/c1-26-9-8-21-15-7-4-13(22(24)25)10-16(15)28-18(21)20-17(23)11-27-14-5-2-12(19)3-6-14/h2-7,10H,8-9,11H2,1H3. The van der Waals surface area contributed by atoms with Gasteiger partial charge in [0.25, 0.3) is 11.6 Å². The Labute approximate surface area is 172 Å². The van der Waals surface area contributed by atoms with Crippen molar-refractivity contribution < 1.29 is 14.1 Å². The summed E-state index contributed by atoms with van der Waals surface area (Å²) >= 11 is 4.21. The molecule has 1 aromatic heterocycles. The number of carbonyl (C=O) groups excluding carboxylic acids is 1. The van der Waals surface area contributed by atoms with E-state index in [-0.39, 0.29) is 23.2 Å². The lowest BCUT2D eigenvalue weighted by atomic mass is 10.3. The van der Waals surface area contributed by atoms with Crippen LogP contribution in [0.15, 0.2) is 52.4 Å². The molecule has 0 fully saturated rings. The highest BCUT2D eigenvalue weighted by molar-refractivity contribution is 8.00. The van der Waals surface area contributed by atoms with Crippen LogP contribution in [0.5, 0.6) is 0 Å². The molecular weight excluding hydrogens is 421 g/mol. The van der Waals surface area contributed by atoms with Gasteiger partial charge in [-0.15, -0.1) is 11.8 Å². The van der Waals surface area contributed by atoms with E-state index in [2.05, 4.69) is 4.99 Å². The number of thiazole rings is 1. The summed E-state index contributed by atoms with van der Waals surface area (Å²) in [5.74, 6) is 0.319. The minimum atomic E-state index is -0.438. The Morgan fingerprint density at radius 3 is 2.71 bits per heavy atom. The van der Waals surface area contributed by atoms with Gasteiger partial charge in [0.2, 0.25) is 0 Å². The van der Waals surface area contributed by atoms with Crippen LogP contribution in [0.1, 0.15) is 0 Å². The van der Waals surface area contributed by atoms with Crippen LogP contribution in [0.4, 0.5) is 10.1 Å². The number of fused-ring (bicyclic) bond motifs is 1. The van der Waals surface area contributed by atoms with Gasteiger partial charge >= 0.3 is 0 Å². The topological polar surface area (TPSA) is 77.5 Å². The summed E-state index contributed by atoms with van der Waals surface area (Å²) in [5.41, 5.74) is 0.831. The van der Waals surface area contributed by atoms with E-state index >= 15 is 0 Å². The molecule has 3 aromatic rings. The van der Waals surface area contributed by atoms with Crippen LogP contribution in [0.25, 0.3) is 10.2 Å². The molecule has 0 atom stereocenters. The predicted molar refractivity (Wildman–Crippen MR) is 113 cm³/mol. The van der Waals surface area contributed by atoms with Crippen LogP contribution in [0.2, 0.25) is 0 Å². The Morgan fingerprint density at radius 2 is 2.04 bits per heavy atom. The molecule has 0 unspecified atom stereocenters. The van der Waals surface area contributed by atoms with E-state index in [1.807, 2.05) is 10.8 Å². The number of nitro groups is 1. The molecule has 6 nitrogen and oxygen atoms in total. The molecule has 0 bridgehead atoms. The smallest absolute Gasteiger partial charge is 0.270 e. The van der Waals surface area contributed by atoms with Gasteiger partial charge in [-0.1, -0.05) is 11.3 Å². The number of hydrogen-bond acceptors (Lipinski definition) is 6. The molecular formula is C18H16FN3O3S3. The number of aromatic nitrogens is 1. The van der Waals surface area contributed by atoms with Crippen LogP contribution in [-0.2, 0) is 11.3 Å². The quantitative estimate of drug-likeness (QED) is 0.312. The molecule has 1 heterocycles. The zero-order chi connectivity index (χ0) is 20.1. The van der Waals surface area contributed by atoms with E-state index in [1.165, 1.54) is 47.4 Å². The fraction of sp³-hybridized carbons (Fsp3) is 0.222. The molecule has 1 amide bonds. The third kappa shape index (κ3) is 5.00. The number of carbonyl (C=O) groups is 1. The van der Waals surface area contributed by atoms with Gasteiger partial charge in [0.1, 0.15) is 5.82 Å². The van der Waals surface area contributed by atoms with E-state index < -0.39 is 4.92 Å². The van der Waals surface area contributed by atoms with E-state index in [9.17, 15) is 19.3 Å². The summed E-state index contributed by atoms with van der Waals surface area (Å²) in [6.07, 6.45) is 1.99. The van der Waals surface area contributed by atoms with Crippen LogP contribution >= 0.6 is 34.9 Å². The second-order valence-electron chi connectivity index (χ2n) is 5.69. The van der Waals surface area contributed by atoms with Crippen molar-refractivity contribution >= 4 is 56.7 Å². The minimum absolute atomic E-state index is 0.00973. The summed E-state index contributed by atoms with van der Waals surface area (Å²) in [6, 6.07) is 10.6. The number of halogens is 1. The Bertz CT molecular complexity index is 1080. The van der Waals surface area contributed by atoms with Gasteiger partial charge in [-0.3, -0.25) is 14.9 Å². The minimum Gasteiger partial charge on any atom is -0.316 e. The molecule has 10 heteroatoms. The Morgan fingerprint density at radius 1 is 1.29 bits per heavy atom. The number of nitrogens with zero attached hydrogens (tertiary/aromatic N) is 3. The van der Waals surface area contributed by atoms with Gasteiger partial charge in [0.05, 0.1) is 20.9 Å². The predicted octanol–water partition coefficient (Wildman–Crippen LogP) is 4.33. The van der Waals surface area contributed by atoms with Crippen molar-refractivity contribution in [1.29, 1.82) is 0 Å². The maximum atomic E-state index is 13.0. The van der Waals surface area contributed by atoms with Crippen LogP contribution in [0.3, 0.4) is 0 Å². The summed E-state index contributed by atoms with van der Waals surface area (Å²) in [4.78, 5) is 28.5. The molecule has 146 valence electrons. The average Bonchev–Trinajstić information content (AvgIpc) is 3.01. The van der Waals surface area contributed by atoms with E-state index in [4.69, 9.17) is 0 Å². The van der Waals surface area contributed by atoms with Gasteiger partial charge in [-0.2, -0.15) is 16.8 Å². The van der Waals surface area contributed by atoms with Gasteiger partial charge < -0.3 is 4.57 Å². The second kappa shape index (κ2) is 9.35. The third-order valence-electron chi connectivity index (χ3n) is 3.79. The first-order valence-electron chi connectivity index (χ1n) is 8.20. The van der Waals surface area contributed by atoms with Gasteiger partial charge in [0.15, 0.2) is 4.80 Å². The molecule has 0 spiro atoms. The zero-order valence-electron chi connectivity index (χ0n) is 14.8. The summed E-state index contributed by atoms with van der Waals surface area (Å²) in [7, 11) is 0. The highest BCUT2D eigenvalue weighted by Gasteiger charge is 2.13. The Balaban J connectivity index is 1.89. The molecule has 3 rings (SSSR count). The van der Waals surface area contributed by atoms with Crippen molar-refractivity contribution in [2.24, 2.45) is 4.99 Å². The van der Waals surface area contributed by atoms with Crippen molar-refractivity contribution in [3.8, 4) is 0 Å². The van der Waals surface area contributed by atoms with Crippen molar-refractivity contribution in [3.05, 3.63) is 63.2 Å². The lowest BCUT2D eigenvalue weighted by molar-refractivity contribution is -0.384. The zero-order valence-corrected chi connectivity index (χ0v) is 17.3. The van der Waals surface area contributed by atoms with Crippen LogP contribution < -0.4 is 4.80 Å². The lowest BCUT2D eigenvalue weighted by Gasteiger charge is -2.03. The molecule has 0 radical (unpaired) electrons. The van der Waals surface area contributed by atoms with Gasteiger partial charge in [-0.25, -0.2) is 4.39 Å². The first-order valence-corrected chi connectivity index (χ1v) is 11.4. The summed E-state index contributed by atoms with van der Waals surface area (Å²) < 4.78 is 15.6. The monoisotopic (exact) mass is 437 g/mol. The van der Waals surface area contributed by atoms with Crippen LogP contribution in [-0.4, -0.2) is 33.2 Å². The van der Waals surface area contributed by atoms with Gasteiger partial charge in [-0.05, 0) is 36.6 Å². The summed E-state index contributed by atoms with van der Waals surface area (Å²) in [6.45, 7) is 0.649. The number of non-ortho nitro benzene ring substituents is 1. The van der Waals surface area contributed by atoms with Crippen LogP contribution in [0, 0.1) is 15.9 Å². The van der Waals surface area contributed by atoms with Crippen molar-refractivity contribution in [2.45, 2.75) is 11.4 Å². The largest absolute Gasteiger partial charge is 0.316 e. The number of thioether (sulfide) groups is 2. The molecule has 0 saturated heterocycles. The number of amides is 1. The van der Waals surface area contributed by atoms with Crippen molar-refractivity contribution in [1.82, 2.24) is 4.57 Å². The molecule has 2 aromatic carbocycles. The molecule has 0 aliphatic heterocycles. The fourth-order valence-electron chi connectivity index (χ4n) is 2.47. The first-order chi connectivity index (χ1) is 13.5. The van der Waals surface area contributed by atoms with E-state index in [0.29, 0.717) is 16.0 Å². The Hall–Kier alpha value is -2.17. The normalized spacial score (nSPS) is 11.9. The highest BCUT2D eigenvalue weighted by Crippen LogP contribution is 2.24. The fourth-order valence-corrected chi connectivity index (χ4v) is 4.63. The second-order valence-corrected chi connectivity index (χ2v) is 8.73. The van der Waals surface area contributed by atoms with Crippen molar-refractivity contribution in [3.63, 3.8) is 0 Å². The molecule has 28 heavy (non-hydrogen) atoms. The maximum absolute atomic E-state index is 13.0. The molecule has 0 N–H and O–H groups in total. The number of benzene rings is 2. The molecule has 0 saturated carbocycles. The number of rotatable bonds is 7. The number of aryl methyl sites for hydroxylation is 1. The number of nitro benzene ring substituents is 1. The number of hydrogen-bond donors (Lipinski definition) is 0. The van der Waals surface area contributed by atoms with E-state index in [1.54, 1.807) is 30.0 Å². The maximum Gasteiger partial charge on any atom is 0.270 e. The SMILES string of the molecule is CSCCn1c(=NC(=O)CSc2ccc(F)cc2)sc2cc([N+](=O)[O-])ccc21. The lowest BCUT2D eigenvalue weighted by Crippen LogP contribution is -2.18. The third-order valence-corrected chi connectivity index (χ3v) is 6.42. The summed E-state index contributed by atoms with van der Waals surface area (Å²) in [5, 5.41) is 11.0. The van der Waals surface area contributed by atoms with Crippen molar-refractivity contribution in [2.75, 3.05) is 17.8 Å². The average molecular weight is 438 g/mol. The highest BCUT2D eigenvalue weighted by atomic mass is 32.2.